The number of hydrogen-bond donors (Lipinski definition) is 1. The van der Waals surface area contributed by atoms with E-state index in [4.69, 9.17) is 4.74 Å². The molecular weight excluding hydrogens is 228 g/mol. The van der Waals surface area contributed by atoms with E-state index >= 15 is 0 Å². The molecule has 0 saturated carbocycles. The van der Waals surface area contributed by atoms with Gasteiger partial charge in [-0.15, -0.1) is 0 Å². The Bertz CT molecular complexity index is 304. The van der Waals surface area contributed by atoms with Crippen LogP contribution >= 0.6 is 0 Å². The maximum atomic E-state index is 12.4. The number of ether oxygens (including phenoxy) is 1. The highest BCUT2D eigenvalue weighted by atomic mass is 16.5. The molecule has 0 aliphatic carbocycles. The second kappa shape index (κ2) is 4.82. The van der Waals surface area contributed by atoms with Crippen molar-refractivity contribution in [2.45, 2.75) is 64.2 Å². The summed E-state index contributed by atoms with van der Waals surface area (Å²) < 4.78 is 6.00. The summed E-state index contributed by atoms with van der Waals surface area (Å²) in [6, 6.07) is 0.381. The minimum absolute atomic E-state index is 0.249. The molecule has 0 aromatic rings. The van der Waals surface area contributed by atoms with Gasteiger partial charge in [0.2, 0.25) is 5.91 Å². The fourth-order valence-electron chi connectivity index (χ4n) is 3.23. The van der Waals surface area contributed by atoms with Gasteiger partial charge >= 0.3 is 0 Å². The van der Waals surface area contributed by atoms with Crippen LogP contribution in [-0.4, -0.2) is 47.7 Å². The molecule has 1 atom stereocenters. The monoisotopic (exact) mass is 254 g/mol. The van der Waals surface area contributed by atoms with Crippen LogP contribution in [0.5, 0.6) is 0 Å². The molecule has 1 N–H and O–H groups in total. The van der Waals surface area contributed by atoms with Gasteiger partial charge in [0.15, 0.2) is 0 Å². The van der Waals surface area contributed by atoms with Crippen molar-refractivity contribution in [3.05, 3.63) is 0 Å². The molecule has 2 aliphatic rings. The molecule has 18 heavy (non-hydrogen) atoms. The second-order valence-corrected chi connectivity index (χ2v) is 6.87. The predicted octanol–water partition coefficient (Wildman–Crippen LogP) is 1.54. The van der Waals surface area contributed by atoms with Gasteiger partial charge in [-0.2, -0.15) is 0 Å². The summed E-state index contributed by atoms with van der Waals surface area (Å²) in [5.74, 6) is 0.263. The third-order valence-corrected chi connectivity index (χ3v) is 3.63. The maximum Gasteiger partial charge on any atom is 0.224 e. The highest BCUT2D eigenvalue weighted by molar-refractivity contribution is 5.77. The van der Waals surface area contributed by atoms with Gasteiger partial charge in [0.25, 0.3) is 0 Å². The largest absolute Gasteiger partial charge is 0.366 e. The van der Waals surface area contributed by atoms with Crippen LogP contribution in [0.3, 0.4) is 0 Å². The Balaban J connectivity index is 1.96. The molecule has 2 fully saturated rings. The van der Waals surface area contributed by atoms with E-state index in [2.05, 4.69) is 33.0 Å². The summed E-state index contributed by atoms with van der Waals surface area (Å²) in [5.41, 5.74) is -0.499. The summed E-state index contributed by atoms with van der Waals surface area (Å²) in [4.78, 5) is 14.3. The van der Waals surface area contributed by atoms with Gasteiger partial charge in [0, 0.05) is 25.6 Å². The van der Waals surface area contributed by atoms with Crippen molar-refractivity contribution in [3.8, 4) is 0 Å². The van der Waals surface area contributed by atoms with Gasteiger partial charge in [-0.25, -0.2) is 0 Å². The van der Waals surface area contributed by atoms with E-state index in [-0.39, 0.29) is 17.1 Å². The van der Waals surface area contributed by atoms with Crippen molar-refractivity contribution >= 4 is 5.91 Å². The van der Waals surface area contributed by atoms with Crippen LogP contribution in [-0.2, 0) is 9.53 Å². The van der Waals surface area contributed by atoms with E-state index in [0.29, 0.717) is 25.6 Å². The van der Waals surface area contributed by atoms with Crippen LogP contribution in [0.4, 0.5) is 0 Å². The normalized spacial score (nSPS) is 30.4. The number of nitrogens with zero attached hydrogens (tertiary/aromatic N) is 1. The maximum absolute atomic E-state index is 12.4. The van der Waals surface area contributed by atoms with Crippen molar-refractivity contribution in [1.82, 2.24) is 10.2 Å². The third kappa shape index (κ3) is 3.45. The quantitative estimate of drug-likeness (QED) is 0.813. The van der Waals surface area contributed by atoms with E-state index in [1.54, 1.807) is 0 Å². The molecule has 0 bridgehead atoms. The zero-order valence-corrected chi connectivity index (χ0v) is 12.1. The highest BCUT2D eigenvalue weighted by Gasteiger charge is 2.40. The van der Waals surface area contributed by atoms with Crippen LogP contribution in [0.2, 0.25) is 0 Å². The lowest BCUT2D eigenvalue weighted by molar-refractivity contribution is -0.188. The fourth-order valence-corrected chi connectivity index (χ4v) is 3.23. The Morgan fingerprint density at radius 3 is 2.39 bits per heavy atom. The van der Waals surface area contributed by atoms with E-state index in [9.17, 15) is 4.79 Å². The van der Waals surface area contributed by atoms with E-state index in [1.807, 2.05) is 4.90 Å². The van der Waals surface area contributed by atoms with Gasteiger partial charge in [-0.3, -0.25) is 4.79 Å². The second-order valence-electron chi connectivity index (χ2n) is 6.87. The topological polar surface area (TPSA) is 41.6 Å². The lowest BCUT2D eigenvalue weighted by Crippen LogP contribution is -2.59. The van der Waals surface area contributed by atoms with Crippen molar-refractivity contribution in [1.29, 1.82) is 0 Å². The van der Waals surface area contributed by atoms with Crippen LogP contribution < -0.4 is 5.32 Å². The van der Waals surface area contributed by atoms with Crippen molar-refractivity contribution in [2.75, 3.05) is 19.6 Å². The van der Waals surface area contributed by atoms with Gasteiger partial charge < -0.3 is 15.0 Å². The molecule has 0 aromatic heterocycles. The number of carbonyl (C=O) groups is 1. The number of rotatable bonds is 2. The average molecular weight is 254 g/mol. The third-order valence-electron chi connectivity index (χ3n) is 3.63. The Morgan fingerprint density at radius 1 is 1.28 bits per heavy atom. The molecule has 1 unspecified atom stereocenters. The molecule has 0 spiro atoms. The first-order valence-corrected chi connectivity index (χ1v) is 6.99. The Hall–Kier alpha value is -0.610. The molecule has 2 aliphatic heterocycles. The fraction of sp³-hybridized carbons (Fsp3) is 0.929. The summed E-state index contributed by atoms with van der Waals surface area (Å²) in [5, 5.41) is 3.39. The predicted molar refractivity (Wildman–Crippen MR) is 71.5 cm³/mol. The minimum atomic E-state index is -0.249. The molecule has 0 radical (unpaired) electrons. The lowest BCUT2D eigenvalue weighted by atomic mass is 9.98. The Morgan fingerprint density at radius 2 is 1.89 bits per heavy atom. The number of nitrogens with one attached hydrogen (secondary N) is 1. The first-order valence-electron chi connectivity index (χ1n) is 6.99. The SMILES string of the molecule is CC1(C)CN(C(=O)CC2CCCN2)CC(C)(C)O1. The first kappa shape index (κ1) is 13.8. The van der Waals surface area contributed by atoms with E-state index < -0.39 is 0 Å². The van der Waals surface area contributed by atoms with Crippen LogP contribution in [0.25, 0.3) is 0 Å². The molecule has 0 aromatic carbocycles. The van der Waals surface area contributed by atoms with Crippen LogP contribution in [0.1, 0.15) is 47.0 Å². The molecule has 2 rings (SSSR count). The summed E-state index contributed by atoms with van der Waals surface area (Å²) in [7, 11) is 0. The van der Waals surface area contributed by atoms with Crippen LogP contribution in [0.15, 0.2) is 0 Å². The average Bonchev–Trinajstić information content (AvgIpc) is 2.65. The Labute approximate surface area is 110 Å². The van der Waals surface area contributed by atoms with Gasteiger partial charge in [-0.05, 0) is 47.1 Å². The van der Waals surface area contributed by atoms with Crippen molar-refractivity contribution in [3.63, 3.8) is 0 Å². The van der Waals surface area contributed by atoms with Gasteiger partial charge in [0.1, 0.15) is 0 Å². The standard InChI is InChI=1S/C14H26N2O2/c1-13(2)9-16(10-14(3,4)18-13)12(17)8-11-6-5-7-15-11/h11,15H,5-10H2,1-4H3. The Kier molecular flexibility index (Phi) is 3.70. The molecule has 1 amide bonds. The van der Waals surface area contributed by atoms with E-state index in [0.717, 1.165) is 13.0 Å². The molecule has 4 nitrogen and oxygen atoms in total. The molecule has 104 valence electrons. The molecule has 2 saturated heterocycles. The van der Waals surface area contributed by atoms with E-state index in [1.165, 1.54) is 6.42 Å². The van der Waals surface area contributed by atoms with Crippen molar-refractivity contribution in [2.24, 2.45) is 0 Å². The number of hydrogen-bond acceptors (Lipinski definition) is 3. The molecule has 2 heterocycles. The van der Waals surface area contributed by atoms with Crippen molar-refractivity contribution < 1.29 is 9.53 Å². The summed E-state index contributed by atoms with van der Waals surface area (Å²) >= 11 is 0. The lowest BCUT2D eigenvalue weighted by Gasteiger charge is -2.47. The molecular formula is C14H26N2O2. The first-order chi connectivity index (χ1) is 8.27. The zero-order valence-electron chi connectivity index (χ0n) is 12.1. The van der Waals surface area contributed by atoms with Gasteiger partial charge in [0.05, 0.1) is 11.2 Å². The zero-order chi connectivity index (χ0) is 13.4. The summed E-state index contributed by atoms with van der Waals surface area (Å²) in [6.45, 7) is 10.7. The molecule has 4 heteroatoms. The minimum Gasteiger partial charge on any atom is -0.366 e. The van der Waals surface area contributed by atoms with Crippen LogP contribution in [0, 0.1) is 0 Å². The number of carbonyl (C=O) groups excluding carboxylic acids is 1. The smallest absolute Gasteiger partial charge is 0.224 e. The number of amides is 1. The number of morpholine rings is 1. The summed E-state index contributed by atoms with van der Waals surface area (Å²) in [6.07, 6.45) is 2.95. The van der Waals surface area contributed by atoms with Gasteiger partial charge in [-0.1, -0.05) is 0 Å². The highest BCUT2D eigenvalue weighted by Crippen LogP contribution is 2.28.